The van der Waals surface area contributed by atoms with Gasteiger partial charge in [-0.25, -0.2) is 8.42 Å². The Morgan fingerprint density at radius 2 is 1.58 bits per heavy atom. The number of hydrogen-bond donors (Lipinski definition) is 0. The van der Waals surface area contributed by atoms with Crippen molar-refractivity contribution in [3.05, 3.63) is 53.6 Å². The van der Waals surface area contributed by atoms with Gasteiger partial charge in [-0.1, -0.05) is 37.1 Å². The molecule has 192 valence electrons. The highest BCUT2D eigenvalue weighted by molar-refractivity contribution is 7.90. The number of rotatable bonds is 5. The van der Waals surface area contributed by atoms with Crippen LogP contribution in [-0.2, 0) is 35.8 Å². The Hall–Kier alpha value is -2.16. The molecule has 36 heavy (non-hydrogen) atoms. The Morgan fingerprint density at radius 1 is 0.972 bits per heavy atom. The van der Waals surface area contributed by atoms with Gasteiger partial charge in [-0.2, -0.15) is 0 Å². The molecule has 2 aliphatic heterocycles. The molecular weight excluding hydrogens is 473 g/mol. The third-order valence-corrected chi connectivity index (χ3v) is 9.84. The molecule has 1 saturated heterocycles. The first-order valence-electron chi connectivity index (χ1n) is 12.9. The Balaban J connectivity index is 1.36. The van der Waals surface area contributed by atoms with E-state index in [1.165, 1.54) is 24.7 Å². The van der Waals surface area contributed by atoms with Crippen molar-refractivity contribution < 1.29 is 22.5 Å². The molecule has 6 nitrogen and oxygen atoms in total. The highest BCUT2D eigenvalue weighted by Crippen LogP contribution is 2.50. The minimum absolute atomic E-state index is 0.00176. The number of carbonyl (C=O) groups excluding carboxylic acids is 1. The minimum Gasteiger partial charge on any atom is -0.399 e. The maximum Gasteiger partial charge on any atom is 0.494 e. The lowest BCUT2D eigenvalue weighted by molar-refractivity contribution is -0.118. The summed E-state index contributed by atoms with van der Waals surface area (Å²) in [6.07, 6.45) is 6.69. The molecular formula is C28H36BNO5S. The van der Waals surface area contributed by atoms with E-state index in [1.807, 2.05) is 11.0 Å². The zero-order chi connectivity index (χ0) is 25.9. The lowest BCUT2D eigenvalue weighted by Gasteiger charge is -2.32. The molecule has 0 atom stereocenters. The summed E-state index contributed by atoms with van der Waals surface area (Å²) in [5.41, 5.74) is 3.43. The molecule has 1 aliphatic carbocycles. The molecule has 0 radical (unpaired) electrons. The van der Waals surface area contributed by atoms with Gasteiger partial charge >= 0.3 is 7.12 Å². The van der Waals surface area contributed by atoms with Gasteiger partial charge in [0, 0.05) is 30.3 Å². The second kappa shape index (κ2) is 8.71. The van der Waals surface area contributed by atoms with E-state index in [4.69, 9.17) is 9.31 Å². The Kier molecular flexibility index (Phi) is 6.17. The van der Waals surface area contributed by atoms with Crippen LogP contribution in [0.25, 0.3) is 0 Å². The second-order valence-corrected chi connectivity index (χ2v) is 13.8. The Labute approximate surface area is 215 Å². The van der Waals surface area contributed by atoms with Crippen molar-refractivity contribution >= 4 is 34.0 Å². The number of sulfone groups is 1. The van der Waals surface area contributed by atoms with Crippen molar-refractivity contribution in [3.63, 3.8) is 0 Å². The van der Waals surface area contributed by atoms with Crippen molar-refractivity contribution in [3.8, 4) is 0 Å². The largest absolute Gasteiger partial charge is 0.494 e. The molecule has 2 heterocycles. The highest BCUT2D eigenvalue weighted by Gasteiger charge is 2.53. The first-order valence-corrected chi connectivity index (χ1v) is 14.8. The van der Waals surface area contributed by atoms with Crippen LogP contribution in [0.5, 0.6) is 0 Å². The SMILES string of the molecule is CC1(C)OB(c2ccc3c(c2)C2(CCCC2)CN3C(=O)CCc2ccc(S(C)(=O)=O)cc2)OC1(C)C. The van der Waals surface area contributed by atoms with Crippen LogP contribution in [0, 0.1) is 0 Å². The van der Waals surface area contributed by atoms with E-state index >= 15 is 0 Å². The van der Waals surface area contributed by atoms with Crippen molar-refractivity contribution in [2.24, 2.45) is 0 Å². The summed E-state index contributed by atoms with van der Waals surface area (Å²) in [4.78, 5) is 15.7. The maximum absolute atomic E-state index is 13.4. The fourth-order valence-electron chi connectivity index (χ4n) is 5.80. The van der Waals surface area contributed by atoms with Crippen molar-refractivity contribution in [2.45, 2.75) is 87.7 Å². The number of benzene rings is 2. The molecule has 2 aromatic carbocycles. The smallest absolute Gasteiger partial charge is 0.399 e. The van der Waals surface area contributed by atoms with Crippen molar-refractivity contribution in [1.29, 1.82) is 0 Å². The van der Waals surface area contributed by atoms with E-state index in [9.17, 15) is 13.2 Å². The summed E-state index contributed by atoms with van der Waals surface area (Å²) in [6.45, 7) is 8.98. The Bertz CT molecular complexity index is 1260. The molecule has 2 fully saturated rings. The molecule has 5 rings (SSSR count). The number of anilines is 1. The maximum atomic E-state index is 13.4. The van der Waals surface area contributed by atoms with E-state index in [1.54, 1.807) is 24.3 Å². The monoisotopic (exact) mass is 509 g/mol. The molecule has 8 heteroatoms. The van der Waals surface area contributed by atoms with Crippen LogP contribution < -0.4 is 10.4 Å². The van der Waals surface area contributed by atoms with E-state index in [-0.39, 0.29) is 11.3 Å². The summed E-state index contributed by atoms with van der Waals surface area (Å²) in [5.74, 6) is 0.107. The highest BCUT2D eigenvalue weighted by atomic mass is 32.2. The van der Waals surface area contributed by atoms with Crippen LogP contribution in [0.15, 0.2) is 47.4 Å². The zero-order valence-electron chi connectivity index (χ0n) is 22.0. The molecule has 0 unspecified atom stereocenters. The van der Waals surface area contributed by atoms with Gasteiger partial charge in [0.25, 0.3) is 0 Å². The molecule has 0 N–H and O–H groups in total. The van der Waals surface area contributed by atoms with Crippen LogP contribution in [0.3, 0.4) is 0 Å². The average Bonchev–Trinajstić information content (AvgIpc) is 3.47. The fourth-order valence-corrected chi connectivity index (χ4v) is 6.43. The zero-order valence-corrected chi connectivity index (χ0v) is 22.8. The molecule has 0 aromatic heterocycles. The van der Waals surface area contributed by atoms with Crippen LogP contribution in [0.1, 0.15) is 70.9 Å². The number of nitrogens with zero attached hydrogens (tertiary/aromatic N) is 1. The fraction of sp³-hybridized carbons (Fsp3) is 0.536. The number of fused-ring (bicyclic) bond motifs is 2. The molecule has 1 spiro atoms. The van der Waals surface area contributed by atoms with E-state index < -0.39 is 28.2 Å². The van der Waals surface area contributed by atoms with E-state index in [0.29, 0.717) is 17.7 Å². The molecule has 1 amide bonds. The molecule has 3 aliphatic rings. The predicted molar refractivity (Wildman–Crippen MR) is 143 cm³/mol. The normalized spacial score (nSPS) is 21.8. The summed E-state index contributed by atoms with van der Waals surface area (Å²) in [5, 5.41) is 0. The van der Waals surface area contributed by atoms with E-state index in [0.717, 1.165) is 36.1 Å². The van der Waals surface area contributed by atoms with Gasteiger partial charge in [0.2, 0.25) is 5.91 Å². The Morgan fingerprint density at radius 3 is 2.17 bits per heavy atom. The van der Waals surface area contributed by atoms with Gasteiger partial charge in [0.15, 0.2) is 9.84 Å². The lowest BCUT2D eigenvalue weighted by Crippen LogP contribution is -2.41. The van der Waals surface area contributed by atoms with Gasteiger partial charge in [-0.3, -0.25) is 4.79 Å². The molecule has 0 bridgehead atoms. The summed E-state index contributed by atoms with van der Waals surface area (Å²) in [7, 11) is -3.64. The van der Waals surface area contributed by atoms with Crippen LogP contribution in [-0.4, -0.2) is 45.4 Å². The van der Waals surface area contributed by atoms with Crippen LogP contribution in [0.4, 0.5) is 5.69 Å². The first kappa shape index (κ1) is 25.5. The van der Waals surface area contributed by atoms with E-state index in [2.05, 4.69) is 39.8 Å². The van der Waals surface area contributed by atoms with Gasteiger partial charge in [0.1, 0.15) is 0 Å². The summed E-state index contributed by atoms with van der Waals surface area (Å²) >= 11 is 0. The number of carbonyl (C=O) groups is 1. The predicted octanol–water partition coefficient (Wildman–Crippen LogP) is 4.18. The van der Waals surface area contributed by atoms with Gasteiger partial charge in [-0.15, -0.1) is 0 Å². The second-order valence-electron chi connectivity index (χ2n) is 11.7. The molecule has 1 saturated carbocycles. The summed E-state index contributed by atoms with van der Waals surface area (Å²) in [6, 6.07) is 13.2. The summed E-state index contributed by atoms with van der Waals surface area (Å²) < 4.78 is 36.1. The lowest BCUT2D eigenvalue weighted by atomic mass is 9.74. The number of amides is 1. The number of hydrogen-bond acceptors (Lipinski definition) is 5. The quantitative estimate of drug-likeness (QED) is 0.566. The van der Waals surface area contributed by atoms with Crippen molar-refractivity contribution in [2.75, 3.05) is 17.7 Å². The van der Waals surface area contributed by atoms with Gasteiger partial charge in [0.05, 0.1) is 16.1 Å². The van der Waals surface area contributed by atoms with Crippen LogP contribution in [0.2, 0.25) is 0 Å². The minimum atomic E-state index is -3.23. The van der Waals surface area contributed by atoms with Crippen LogP contribution >= 0.6 is 0 Å². The van der Waals surface area contributed by atoms with Crippen molar-refractivity contribution in [1.82, 2.24) is 0 Å². The first-order chi connectivity index (χ1) is 16.8. The third kappa shape index (κ3) is 4.41. The molecule has 2 aromatic rings. The standard InChI is InChI=1S/C28H36BNO5S/c1-26(2)27(3,4)35-29(34-26)21-11-14-24-23(18-21)28(16-6-7-17-28)19-30(24)25(31)15-10-20-8-12-22(13-9-20)36(5,32)33/h8-9,11-14,18H,6-7,10,15-17,19H2,1-5H3. The van der Waals surface area contributed by atoms with Gasteiger partial charge < -0.3 is 14.2 Å². The van der Waals surface area contributed by atoms with Gasteiger partial charge in [-0.05, 0) is 81.7 Å². The topological polar surface area (TPSA) is 72.9 Å². The third-order valence-electron chi connectivity index (χ3n) is 8.71. The average molecular weight is 509 g/mol. The number of aryl methyl sites for hydroxylation is 1.